The Bertz CT molecular complexity index is 443. The van der Waals surface area contributed by atoms with Crippen LogP contribution in [0.25, 0.3) is 0 Å². The van der Waals surface area contributed by atoms with Crippen molar-refractivity contribution in [3.8, 4) is 0 Å². The SMILES string of the molecule is CCC1NC(NC)=Nc2ccc(Cl)c(Cl)c21. The molecule has 1 aromatic rings. The van der Waals surface area contributed by atoms with Crippen LogP contribution in [0.3, 0.4) is 0 Å². The molecule has 1 heterocycles. The highest BCUT2D eigenvalue weighted by Crippen LogP contribution is 2.40. The molecule has 86 valence electrons. The second-order valence-corrected chi connectivity index (χ2v) is 4.39. The highest BCUT2D eigenvalue weighted by Gasteiger charge is 2.23. The van der Waals surface area contributed by atoms with Crippen LogP contribution in [0.5, 0.6) is 0 Å². The molecule has 1 atom stereocenters. The molecule has 2 N–H and O–H groups in total. The van der Waals surface area contributed by atoms with E-state index in [4.69, 9.17) is 23.2 Å². The van der Waals surface area contributed by atoms with Crippen LogP contribution in [0.15, 0.2) is 17.1 Å². The molecule has 16 heavy (non-hydrogen) atoms. The van der Waals surface area contributed by atoms with Gasteiger partial charge in [-0.05, 0) is 18.6 Å². The number of hydrogen-bond acceptors (Lipinski definition) is 3. The average Bonchev–Trinajstić information content (AvgIpc) is 2.32. The molecule has 0 aliphatic carbocycles. The number of guanidine groups is 1. The van der Waals surface area contributed by atoms with E-state index in [1.165, 1.54) is 0 Å². The molecule has 1 unspecified atom stereocenters. The van der Waals surface area contributed by atoms with Crippen LogP contribution >= 0.6 is 23.2 Å². The molecule has 3 nitrogen and oxygen atoms in total. The van der Waals surface area contributed by atoms with Crippen molar-refractivity contribution in [1.29, 1.82) is 0 Å². The van der Waals surface area contributed by atoms with Gasteiger partial charge in [-0.25, -0.2) is 4.99 Å². The predicted molar refractivity (Wildman–Crippen MR) is 68.8 cm³/mol. The smallest absolute Gasteiger partial charge is 0.196 e. The Morgan fingerprint density at radius 2 is 2.19 bits per heavy atom. The van der Waals surface area contributed by atoms with Gasteiger partial charge in [0.25, 0.3) is 0 Å². The van der Waals surface area contributed by atoms with Crippen molar-refractivity contribution in [1.82, 2.24) is 10.6 Å². The first-order valence-electron chi connectivity index (χ1n) is 5.18. The minimum atomic E-state index is 0.154. The third kappa shape index (κ3) is 1.85. The first-order valence-corrected chi connectivity index (χ1v) is 5.93. The third-order valence-electron chi connectivity index (χ3n) is 2.65. The molecular formula is C11H13Cl2N3. The molecule has 0 saturated heterocycles. The predicted octanol–water partition coefficient (Wildman–Crippen LogP) is 3.25. The van der Waals surface area contributed by atoms with Crippen LogP contribution in [0.2, 0.25) is 10.0 Å². The van der Waals surface area contributed by atoms with Gasteiger partial charge in [0.15, 0.2) is 5.96 Å². The van der Waals surface area contributed by atoms with Gasteiger partial charge in [0, 0.05) is 12.6 Å². The van der Waals surface area contributed by atoms with Crippen molar-refractivity contribution in [3.05, 3.63) is 27.7 Å². The Morgan fingerprint density at radius 1 is 1.44 bits per heavy atom. The number of halogens is 2. The van der Waals surface area contributed by atoms with E-state index in [-0.39, 0.29) is 6.04 Å². The summed E-state index contributed by atoms with van der Waals surface area (Å²) in [6, 6.07) is 3.82. The van der Waals surface area contributed by atoms with E-state index in [0.717, 1.165) is 23.6 Å². The van der Waals surface area contributed by atoms with E-state index in [2.05, 4.69) is 22.5 Å². The molecule has 0 aromatic heterocycles. The summed E-state index contributed by atoms with van der Waals surface area (Å²) >= 11 is 12.2. The van der Waals surface area contributed by atoms with Gasteiger partial charge in [-0.3, -0.25) is 0 Å². The third-order valence-corrected chi connectivity index (χ3v) is 3.47. The van der Waals surface area contributed by atoms with Crippen molar-refractivity contribution in [2.75, 3.05) is 7.05 Å². The number of nitrogens with zero attached hydrogens (tertiary/aromatic N) is 1. The minimum absolute atomic E-state index is 0.154. The van der Waals surface area contributed by atoms with Crippen LogP contribution in [0, 0.1) is 0 Å². The lowest BCUT2D eigenvalue weighted by Crippen LogP contribution is -2.39. The van der Waals surface area contributed by atoms with Crippen LogP contribution in [0.1, 0.15) is 24.9 Å². The first kappa shape index (κ1) is 11.6. The summed E-state index contributed by atoms with van der Waals surface area (Å²) in [4.78, 5) is 4.42. The van der Waals surface area contributed by atoms with Gasteiger partial charge in [0.1, 0.15) is 0 Å². The fourth-order valence-corrected chi connectivity index (χ4v) is 2.27. The average molecular weight is 258 g/mol. The summed E-state index contributed by atoms with van der Waals surface area (Å²) in [7, 11) is 1.83. The normalized spacial score (nSPS) is 18.5. The van der Waals surface area contributed by atoms with Crippen LogP contribution in [-0.2, 0) is 0 Å². The van der Waals surface area contributed by atoms with Crippen molar-refractivity contribution < 1.29 is 0 Å². The van der Waals surface area contributed by atoms with E-state index in [9.17, 15) is 0 Å². The van der Waals surface area contributed by atoms with Crippen molar-refractivity contribution in [2.24, 2.45) is 4.99 Å². The molecule has 0 spiro atoms. The minimum Gasteiger partial charge on any atom is -0.359 e. The van der Waals surface area contributed by atoms with Gasteiger partial charge >= 0.3 is 0 Å². The Morgan fingerprint density at radius 3 is 2.81 bits per heavy atom. The molecule has 0 amide bonds. The number of hydrogen-bond donors (Lipinski definition) is 2. The van der Waals surface area contributed by atoms with E-state index in [1.807, 2.05) is 13.1 Å². The number of benzene rings is 1. The van der Waals surface area contributed by atoms with Gasteiger partial charge in [0.2, 0.25) is 0 Å². The maximum atomic E-state index is 6.21. The van der Waals surface area contributed by atoms with Crippen LogP contribution in [0.4, 0.5) is 5.69 Å². The topological polar surface area (TPSA) is 36.4 Å². The summed E-state index contributed by atoms with van der Waals surface area (Å²) in [6.07, 6.45) is 0.924. The Labute approximate surface area is 105 Å². The van der Waals surface area contributed by atoms with Gasteiger partial charge in [-0.2, -0.15) is 0 Å². The summed E-state index contributed by atoms with van der Waals surface area (Å²) < 4.78 is 0. The molecule has 2 rings (SSSR count). The maximum Gasteiger partial charge on any atom is 0.196 e. The first-order chi connectivity index (χ1) is 7.67. The summed E-state index contributed by atoms with van der Waals surface area (Å²) in [6.45, 7) is 2.09. The zero-order chi connectivity index (χ0) is 11.7. The van der Waals surface area contributed by atoms with Gasteiger partial charge < -0.3 is 10.6 Å². The highest BCUT2D eigenvalue weighted by molar-refractivity contribution is 6.42. The Hall–Kier alpha value is -0.930. The number of rotatable bonds is 1. The highest BCUT2D eigenvalue weighted by atomic mass is 35.5. The van der Waals surface area contributed by atoms with Crippen LogP contribution < -0.4 is 10.6 Å². The largest absolute Gasteiger partial charge is 0.359 e. The molecule has 1 aromatic carbocycles. The standard InChI is InChI=1S/C11H13Cl2N3/c1-3-7-9-8(16-11(14-2)15-7)5-4-6(12)10(9)13/h4-5,7H,3H2,1-2H3,(H2,14,15,16). The number of nitrogens with one attached hydrogen (secondary N) is 2. The summed E-state index contributed by atoms with van der Waals surface area (Å²) in [5.74, 6) is 0.762. The van der Waals surface area contributed by atoms with Gasteiger partial charge in [-0.1, -0.05) is 30.1 Å². The number of fused-ring (bicyclic) bond motifs is 1. The lowest BCUT2D eigenvalue weighted by molar-refractivity contribution is 0.607. The fraction of sp³-hybridized carbons (Fsp3) is 0.364. The van der Waals surface area contributed by atoms with E-state index in [1.54, 1.807) is 6.07 Å². The molecule has 0 radical (unpaired) electrons. The van der Waals surface area contributed by atoms with E-state index in [0.29, 0.717) is 10.0 Å². The van der Waals surface area contributed by atoms with Crippen molar-refractivity contribution in [3.63, 3.8) is 0 Å². The zero-order valence-electron chi connectivity index (χ0n) is 9.14. The number of aliphatic imine (C=N–C) groups is 1. The van der Waals surface area contributed by atoms with Crippen molar-refractivity contribution in [2.45, 2.75) is 19.4 Å². The van der Waals surface area contributed by atoms with E-state index < -0.39 is 0 Å². The quantitative estimate of drug-likeness (QED) is 0.811. The van der Waals surface area contributed by atoms with Gasteiger partial charge in [0.05, 0.1) is 21.8 Å². The monoisotopic (exact) mass is 257 g/mol. The maximum absolute atomic E-state index is 6.21. The Balaban J connectivity index is 2.57. The lowest BCUT2D eigenvalue weighted by Gasteiger charge is -2.27. The van der Waals surface area contributed by atoms with E-state index >= 15 is 0 Å². The second-order valence-electron chi connectivity index (χ2n) is 3.61. The second kappa shape index (κ2) is 4.52. The molecule has 1 aliphatic rings. The molecule has 0 bridgehead atoms. The van der Waals surface area contributed by atoms with Gasteiger partial charge in [-0.15, -0.1) is 0 Å². The molecule has 0 fully saturated rings. The van der Waals surface area contributed by atoms with Crippen molar-refractivity contribution >= 4 is 34.8 Å². The summed E-state index contributed by atoms with van der Waals surface area (Å²) in [5, 5.41) is 7.45. The fourth-order valence-electron chi connectivity index (χ4n) is 1.81. The Kier molecular flexibility index (Phi) is 3.26. The lowest BCUT2D eigenvalue weighted by atomic mass is 10.0. The molecule has 1 aliphatic heterocycles. The van der Waals surface area contributed by atoms with Crippen LogP contribution in [-0.4, -0.2) is 13.0 Å². The summed E-state index contributed by atoms with van der Waals surface area (Å²) in [5.41, 5.74) is 1.86. The molecule has 0 saturated carbocycles. The molecular weight excluding hydrogens is 245 g/mol. The zero-order valence-corrected chi connectivity index (χ0v) is 10.7. The molecule has 5 heteroatoms.